The quantitative estimate of drug-likeness (QED) is 0.735. The second-order valence-electron chi connectivity index (χ2n) is 5.67. The van der Waals surface area contributed by atoms with Gasteiger partial charge in [-0.1, -0.05) is 54.6 Å². The highest BCUT2D eigenvalue weighted by atomic mass is 16.4. The largest absolute Gasteiger partial charge is 0.478 e. The van der Waals surface area contributed by atoms with Crippen molar-refractivity contribution in [2.24, 2.45) is 0 Å². The fourth-order valence-electron chi connectivity index (χ4n) is 2.77. The molecular weight excluding hydrogens is 286 g/mol. The van der Waals surface area contributed by atoms with Crippen molar-refractivity contribution in [1.29, 1.82) is 0 Å². The smallest absolute Gasteiger partial charge is 0.335 e. The molecule has 3 nitrogen and oxygen atoms in total. The van der Waals surface area contributed by atoms with Gasteiger partial charge >= 0.3 is 5.97 Å². The monoisotopic (exact) mass is 305 g/mol. The molecule has 2 N–H and O–H groups in total. The lowest BCUT2D eigenvalue weighted by molar-refractivity contribution is 0.0697. The van der Waals surface area contributed by atoms with Crippen LogP contribution in [0.4, 0.5) is 0 Å². The lowest BCUT2D eigenvalue weighted by Gasteiger charge is -2.17. The van der Waals surface area contributed by atoms with E-state index in [-0.39, 0.29) is 6.04 Å². The van der Waals surface area contributed by atoms with E-state index >= 15 is 0 Å². The van der Waals surface area contributed by atoms with E-state index in [1.54, 1.807) is 12.1 Å². The fraction of sp³-hybridized carbons (Fsp3) is 0.150. The van der Waals surface area contributed by atoms with Crippen molar-refractivity contribution in [3.8, 4) is 0 Å². The fourth-order valence-corrected chi connectivity index (χ4v) is 2.77. The number of hydrogen-bond acceptors (Lipinski definition) is 2. The molecule has 3 aromatic rings. The Balaban J connectivity index is 1.73. The second-order valence-corrected chi connectivity index (χ2v) is 5.67. The summed E-state index contributed by atoms with van der Waals surface area (Å²) in [6, 6.07) is 21.9. The molecule has 0 radical (unpaired) electrons. The molecule has 0 bridgehead atoms. The summed E-state index contributed by atoms with van der Waals surface area (Å²) in [5.74, 6) is -0.895. The molecule has 0 fully saturated rings. The van der Waals surface area contributed by atoms with Crippen molar-refractivity contribution >= 4 is 16.7 Å². The number of carboxylic acid groups (broad SMARTS) is 1. The molecule has 0 aliphatic heterocycles. The number of rotatable bonds is 5. The molecule has 0 aromatic heterocycles. The highest BCUT2D eigenvalue weighted by Crippen LogP contribution is 2.24. The van der Waals surface area contributed by atoms with Crippen molar-refractivity contribution in [3.05, 3.63) is 83.4 Å². The van der Waals surface area contributed by atoms with E-state index in [0.717, 1.165) is 5.56 Å². The maximum atomic E-state index is 10.9. The molecule has 3 rings (SSSR count). The van der Waals surface area contributed by atoms with Crippen molar-refractivity contribution in [1.82, 2.24) is 5.32 Å². The minimum absolute atomic E-state index is 0.209. The van der Waals surface area contributed by atoms with Crippen LogP contribution in [-0.4, -0.2) is 11.1 Å². The molecule has 0 aliphatic rings. The van der Waals surface area contributed by atoms with E-state index in [1.807, 2.05) is 18.2 Å². The van der Waals surface area contributed by atoms with Crippen LogP contribution in [0.25, 0.3) is 10.8 Å². The highest BCUT2D eigenvalue weighted by molar-refractivity contribution is 5.87. The lowest BCUT2D eigenvalue weighted by Crippen LogP contribution is -2.18. The SMILES string of the molecule is C[C@@H](NCc1ccc(C(=O)O)cc1)c1cccc2ccccc12. The van der Waals surface area contributed by atoms with Gasteiger partial charge in [-0.25, -0.2) is 4.79 Å². The van der Waals surface area contributed by atoms with Gasteiger partial charge in [0.2, 0.25) is 0 Å². The summed E-state index contributed by atoms with van der Waals surface area (Å²) >= 11 is 0. The Bertz CT molecular complexity index is 819. The summed E-state index contributed by atoms with van der Waals surface area (Å²) in [4.78, 5) is 10.9. The summed E-state index contributed by atoms with van der Waals surface area (Å²) in [6.07, 6.45) is 0. The lowest BCUT2D eigenvalue weighted by atomic mass is 9.99. The van der Waals surface area contributed by atoms with Crippen molar-refractivity contribution in [2.45, 2.75) is 19.5 Å². The van der Waals surface area contributed by atoms with Crippen LogP contribution in [0.15, 0.2) is 66.7 Å². The van der Waals surface area contributed by atoms with Gasteiger partial charge < -0.3 is 10.4 Å². The van der Waals surface area contributed by atoms with Gasteiger partial charge in [0.05, 0.1) is 5.56 Å². The zero-order valence-electron chi connectivity index (χ0n) is 13.0. The Labute approximate surface area is 135 Å². The molecule has 116 valence electrons. The van der Waals surface area contributed by atoms with Crippen LogP contribution in [-0.2, 0) is 6.54 Å². The predicted molar refractivity (Wildman–Crippen MR) is 92.6 cm³/mol. The van der Waals surface area contributed by atoms with E-state index in [4.69, 9.17) is 5.11 Å². The van der Waals surface area contributed by atoms with Gasteiger partial charge in [0.15, 0.2) is 0 Å². The molecular formula is C20H19NO2. The summed E-state index contributed by atoms with van der Waals surface area (Å²) in [7, 11) is 0. The van der Waals surface area contributed by atoms with E-state index in [1.165, 1.54) is 16.3 Å². The number of fused-ring (bicyclic) bond motifs is 1. The van der Waals surface area contributed by atoms with Crippen LogP contribution >= 0.6 is 0 Å². The van der Waals surface area contributed by atoms with Crippen molar-refractivity contribution < 1.29 is 9.90 Å². The van der Waals surface area contributed by atoms with Gasteiger partial charge in [-0.15, -0.1) is 0 Å². The molecule has 0 aliphatic carbocycles. The standard InChI is InChI=1S/C20H19NO2/c1-14(18-8-4-6-16-5-2-3-7-19(16)18)21-13-15-9-11-17(12-10-15)20(22)23/h2-12,14,21H,13H2,1H3,(H,22,23)/t14-/m1/s1. The van der Waals surface area contributed by atoms with Crippen molar-refractivity contribution in [3.63, 3.8) is 0 Å². The van der Waals surface area contributed by atoms with Crippen LogP contribution in [0, 0.1) is 0 Å². The van der Waals surface area contributed by atoms with E-state index in [2.05, 4.69) is 48.6 Å². The van der Waals surface area contributed by atoms with E-state index in [9.17, 15) is 4.79 Å². The van der Waals surface area contributed by atoms with Crippen LogP contribution in [0.3, 0.4) is 0 Å². The van der Waals surface area contributed by atoms with Gasteiger partial charge in [0.25, 0.3) is 0 Å². The minimum atomic E-state index is -0.895. The Hall–Kier alpha value is -2.65. The first-order valence-electron chi connectivity index (χ1n) is 7.68. The van der Waals surface area contributed by atoms with Crippen LogP contribution in [0.1, 0.15) is 34.5 Å². The minimum Gasteiger partial charge on any atom is -0.478 e. The van der Waals surface area contributed by atoms with Crippen LogP contribution < -0.4 is 5.32 Å². The molecule has 0 spiro atoms. The molecule has 0 heterocycles. The Morgan fingerprint density at radius 2 is 1.70 bits per heavy atom. The first kappa shape index (κ1) is 15.3. The van der Waals surface area contributed by atoms with Gasteiger partial charge in [0, 0.05) is 12.6 Å². The number of nitrogens with one attached hydrogen (secondary N) is 1. The van der Waals surface area contributed by atoms with E-state index in [0.29, 0.717) is 12.1 Å². The maximum absolute atomic E-state index is 10.9. The molecule has 3 aromatic carbocycles. The first-order valence-corrected chi connectivity index (χ1v) is 7.68. The third-order valence-corrected chi connectivity index (χ3v) is 4.10. The highest BCUT2D eigenvalue weighted by Gasteiger charge is 2.09. The predicted octanol–water partition coefficient (Wildman–Crippen LogP) is 4.39. The molecule has 0 saturated carbocycles. The van der Waals surface area contributed by atoms with Gasteiger partial charge in [-0.05, 0) is 41.0 Å². The average molecular weight is 305 g/mol. The second kappa shape index (κ2) is 6.63. The zero-order chi connectivity index (χ0) is 16.2. The molecule has 0 unspecified atom stereocenters. The topological polar surface area (TPSA) is 49.3 Å². The van der Waals surface area contributed by atoms with Gasteiger partial charge in [-0.2, -0.15) is 0 Å². The van der Waals surface area contributed by atoms with E-state index < -0.39 is 5.97 Å². The summed E-state index contributed by atoms with van der Waals surface area (Å²) in [5.41, 5.74) is 2.66. The Morgan fingerprint density at radius 1 is 1.00 bits per heavy atom. The zero-order valence-corrected chi connectivity index (χ0v) is 13.0. The average Bonchev–Trinajstić information content (AvgIpc) is 2.59. The molecule has 0 amide bonds. The molecule has 1 atom stereocenters. The van der Waals surface area contributed by atoms with Crippen LogP contribution in [0.2, 0.25) is 0 Å². The number of carbonyl (C=O) groups is 1. The number of benzene rings is 3. The third-order valence-electron chi connectivity index (χ3n) is 4.10. The number of hydrogen-bond donors (Lipinski definition) is 2. The van der Waals surface area contributed by atoms with Gasteiger partial charge in [0.1, 0.15) is 0 Å². The Morgan fingerprint density at radius 3 is 2.43 bits per heavy atom. The van der Waals surface area contributed by atoms with Gasteiger partial charge in [-0.3, -0.25) is 0 Å². The molecule has 3 heteroatoms. The summed E-state index contributed by atoms with van der Waals surface area (Å²) in [5, 5.41) is 14.9. The Kier molecular flexibility index (Phi) is 4.40. The molecule has 23 heavy (non-hydrogen) atoms. The first-order chi connectivity index (χ1) is 11.1. The molecule has 0 saturated heterocycles. The number of carboxylic acids is 1. The number of aromatic carboxylic acids is 1. The maximum Gasteiger partial charge on any atom is 0.335 e. The van der Waals surface area contributed by atoms with Crippen LogP contribution in [0.5, 0.6) is 0 Å². The summed E-state index contributed by atoms with van der Waals surface area (Å²) in [6.45, 7) is 2.84. The summed E-state index contributed by atoms with van der Waals surface area (Å²) < 4.78 is 0. The normalized spacial score (nSPS) is 12.2. The third kappa shape index (κ3) is 3.41. The van der Waals surface area contributed by atoms with Crippen molar-refractivity contribution in [2.75, 3.05) is 0 Å².